The molecule has 0 radical (unpaired) electrons. The quantitative estimate of drug-likeness (QED) is 0.663. The van der Waals surface area contributed by atoms with Gasteiger partial charge in [-0.15, -0.1) is 0 Å². The van der Waals surface area contributed by atoms with Gasteiger partial charge in [-0.25, -0.2) is 9.97 Å². The zero-order valence-electron chi connectivity index (χ0n) is 15.6. The maximum absolute atomic E-state index is 12.4. The van der Waals surface area contributed by atoms with Crippen LogP contribution < -0.4 is 10.6 Å². The zero-order valence-corrected chi connectivity index (χ0v) is 15.6. The van der Waals surface area contributed by atoms with Crippen molar-refractivity contribution in [3.8, 4) is 0 Å². The largest absolute Gasteiger partial charge is 0.322 e. The van der Waals surface area contributed by atoms with Crippen molar-refractivity contribution in [2.24, 2.45) is 0 Å². The van der Waals surface area contributed by atoms with Crippen molar-refractivity contribution in [3.05, 3.63) is 89.5 Å². The number of anilines is 2. The number of benzene rings is 2. The molecule has 1 aromatic heterocycles. The SMILES string of the molecule is Cc1ccc(C(=O)Nc2ccc(C)c(NC(=O)/C=C/c3cncnc3)c2)cc1. The zero-order chi connectivity index (χ0) is 19.9. The van der Waals surface area contributed by atoms with E-state index in [1.807, 2.05) is 32.0 Å². The van der Waals surface area contributed by atoms with E-state index in [1.54, 1.807) is 42.7 Å². The molecule has 140 valence electrons. The van der Waals surface area contributed by atoms with Crippen LogP contribution in [-0.2, 0) is 4.79 Å². The second kappa shape index (κ2) is 8.73. The molecule has 0 saturated carbocycles. The number of nitrogens with one attached hydrogen (secondary N) is 2. The fraction of sp³-hybridized carbons (Fsp3) is 0.0909. The molecule has 0 atom stereocenters. The number of aryl methyl sites for hydroxylation is 2. The number of carbonyl (C=O) groups is 2. The third-order valence-electron chi connectivity index (χ3n) is 4.07. The number of hydrogen-bond donors (Lipinski definition) is 2. The Labute approximate surface area is 163 Å². The molecule has 2 N–H and O–H groups in total. The smallest absolute Gasteiger partial charge is 0.255 e. The van der Waals surface area contributed by atoms with Gasteiger partial charge in [0.05, 0.1) is 0 Å². The molecule has 0 bridgehead atoms. The molecular formula is C22H20N4O2. The molecule has 3 aromatic rings. The average molecular weight is 372 g/mol. The lowest BCUT2D eigenvalue weighted by atomic mass is 10.1. The van der Waals surface area contributed by atoms with E-state index in [2.05, 4.69) is 20.6 Å². The van der Waals surface area contributed by atoms with Gasteiger partial charge in [-0.3, -0.25) is 9.59 Å². The molecule has 0 unspecified atom stereocenters. The van der Waals surface area contributed by atoms with Crippen LogP contribution in [0.25, 0.3) is 6.08 Å². The fourth-order valence-electron chi connectivity index (χ4n) is 2.49. The Kier molecular flexibility index (Phi) is 5.91. The van der Waals surface area contributed by atoms with E-state index >= 15 is 0 Å². The fourth-order valence-corrected chi connectivity index (χ4v) is 2.49. The highest BCUT2D eigenvalue weighted by molar-refractivity contribution is 6.05. The summed E-state index contributed by atoms with van der Waals surface area (Å²) >= 11 is 0. The summed E-state index contributed by atoms with van der Waals surface area (Å²) in [6.45, 7) is 3.85. The maximum Gasteiger partial charge on any atom is 0.255 e. The standard InChI is InChI=1S/C22H20N4O2/c1-15-3-7-18(8-4-15)22(28)25-19-9-5-16(2)20(11-19)26-21(27)10-6-17-12-23-14-24-13-17/h3-14H,1-2H3,(H,25,28)(H,26,27)/b10-6+. The molecule has 0 saturated heterocycles. The Morgan fingerprint density at radius 1 is 0.929 bits per heavy atom. The van der Waals surface area contributed by atoms with Gasteiger partial charge in [0.2, 0.25) is 5.91 Å². The number of rotatable bonds is 5. The summed E-state index contributed by atoms with van der Waals surface area (Å²) < 4.78 is 0. The van der Waals surface area contributed by atoms with Gasteiger partial charge in [-0.2, -0.15) is 0 Å². The molecule has 3 rings (SSSR count). The van der Waals surface area contributed by atoms with Gasteiger partial charge in [0.15, 0.2) is 0 Å². The first-order valence-corrected chi connectivity index (χ1v) is 8.74. The summed E-state index contributed by atoms with van der Waals surface area (Å²) in [6.07, 6.45) is 7.70. The van der Waals surface area contributed by atoms with Crippen molar-refractivity contribution in [1.82, 2.24) is 9.97 Å². The van der Waals surface area contributed by atoms with E-state index in [-0.39, 0.29) is 11.8 Å². The summed E-state index contributed by atoms with van der Waals surface area (Å²) in [4.78, 5) is 32.4. The monoisotopic (exact) mass is 372 g/mol. The molecule has 0 fully saturated rings. The molecule has 0 aliphatic heterocycles. The topological polar surface area (TPSA) is 84.0 Å². The van der Waals surface area contributed by atoms with Crippen molar-refractivity contribution in [1.29, 1.82) is 0 Å². The van der Waals surface area contributed by atoms with E-state index in [9.17, 15) is 9.59 Å². The Bertz CT molecular complexity index is 1010. The van der Waals surface area contributed by atoms with Gasteiger partial charge < -0.3 is 10.6 Å². The van der Waals surface area contributed by atoms with Crippen LogP contribution in [-0.4, -0.2) is 21.8 Å². The summed E-state index contributed by atoms with van der Waals surface area (Å²) in [7, 11) is 0. The third-order valence-corrected chi connectivity index (χ3v) is 4.07. The van der Waals surface area contributed by atoms with Crippen LogP contribution >= 0.6 is 0 Å². The second-order valence-corrected chi connectivity index (χ2v) is 6.34. The lowest BCUT2D eigenvalue weighted by molar-refractivity contribution is -0.111. The number of aromatic nitrogens is 2. The highest BCUT2D eigenvalue weighted by Gasteiger charge is 2.08. The molecule has 0 aliphatic carbocycles. The Hall–Kier alpha value is -3.80. The van der Waals surface area contributed by atoms with Crippen molar-refractivity contribution >= 4 is 29.3 Å². The Balaban J connectivity index is 1.69. The lowest BCUT2D eigenvalue weighted by Crippen LogP contribution is -2.13. The number of hydrogen-bond acceptors (Lipinski definition) is 4. The van der Waals surface area contributed by atoms with Crippen LogP contribution in [0.1, 0.15) is 27.0 Å². The Morgan fingerprint density at radius 3 is 2.36 bits per heavy atom. The first-order valence-electron chi connectivity index (χ1n) is 8.74. The van der Waals surface area contributed by atoms with Crippen molar-refractivity contribution in [2.75, 3.05) is 10.6 Å². The minimum Gasteiger partial charge on any atom is -0.322 e. The normalized spacial score (nSPS) is 10.6. The van der Waals surface area contributed by atoms with E-state index in [1.165, 1.54) is 12.4 Å². The van der Waals surface area contributed by atoms with E-state index in [0.29, 0.717) is 16.9 Å². The van der Waals surface area contributed by atoms with Gasteiger partial charge in [0.25, 0.3) is 5.91 Å². The van der Waals surface area contributed by atoms with Gasteiger partial charge in [-0.05, 0) is 49.8 Å². The lowest BCUT2D eigenvalue weighted by Gasteiger charge is -2.11. The molecule has 1 heterocycles. The minimum atomic E-state index is -0.283. The third kappa shape index (κ3) is 5.11. The summed E-state index contributed by atoms with van der Waals surface area (Å²) in [5, 5.41) is 5.68. The van der Waals surface area contributed by atoms with Crippen LogP contribution in [0.4, 0.5) is 11.4 Å². The number of nitrogens with zero attached hydrogens (tertiary/aromatic N) is 2. The van der Waals surface area contributed by atoms with Crippen LogP contribution in [0, 0.1) is 13.8 Å². The van der Waals surface area contributed by atoms with Crippen molar-refractivity contribution in [2.45, 2.75) is 13.8 Å². The van der Waals surface area contributed by atoms with Gasteiger partial charge in [0.1, 0.15) is 6.33 Å². The summed E-state index contributed by atoms with van der Waals surface area (Å²) in [5.74, 6) is -0.487. The molecule has 0 spiro atoms. The molecule has 6 nitrogen and oxygen atoms in total. The molecule has 2 amide bonds. The van der Waals surface area contributed by atoms with Crippen LogP contribution in [0.5, 0.6) is 0 Å². The van der Waals surface area contributed by atoms with E-state index < -0.39 is 0 Å². The minimum absolute atomic E-state index is 0.204. The first-order chi connectivity index (χ1) is 13.5. The van der Waals surface area contributed by atoms with Crippen molar-refractivity contribution < 1.29 is 9.59 Å². The van der Waals surface area contributed by atoms with E-state index in [4.69, 9.17) is 0 Å². The van der Waals surface area contributed by atoms with Crippen LogP contribution in [0.2, 0.25) is 0 Å². The average Bonchev–Trinajstić information content (AvgIpc) is 2.70. The van der Waals surface area contributed by atoms with Crippen LogP contribution in [0.15, 0.2) is 67.3 Å². The first kappa shape index (κ1) is 19.0. The van der Waals surface area contributed by atoms with Gasteiger partial charge in [0, 0.05) is 41.0 Å². The van der Waals surface area contributed by atoms with Crippen LogP contribution in [0.3, 0.4) is 0 Å². The highest BCUT2D eigenvalue weighted by atomic mass is 16.2. The predicted molar refractivity (Wildman–Crippen MR) is 110 cm³/mol. The molecule has 6 heteroatoms. The molecule has 0 aliphatic rings. The second-order valence-electron chi connectivity index (χ2n) is 6.34. The predicted octanol–water partition coefficient (Wildman–Crippen LogP) is 4.00. The van der Waals surface area contributed by atoms with Crippen molar-refractivity contribution in [3.63, 3.8) is 0 Å². The number of carbonyl (C=O) groups excluding carboxylic acids is 2. The molecule has 28 heavy (non-hydrogen) atoms. The van der Waals surface area contributed by atoms with E-state index in [0.717, 1.165) is 16.7 Å². The maximum atomic E-state index is 12.4. The molecular weight excluding hydrogens is 352 g/mol. The summed E-state index contributed by atoms with van der Waals surface area (Å²) in [6, 6.07) is 12.7. The summed E-state index contributed by atoms with van der Waals surface area (Å²) in [5.41, 5.74) is 4.51. The van der Waals surface area contributed by atoms with Gasteiger partial charge in [-0.1, -0.05) is 23.8 Å². The Morgan fingerprint density at radius 2 is 1.64 bits per heavy atom. The number of amides is 2. The highest BCUT2D eigenvalue weighted by Crippen LogP contribution is 2.21. The van der Waals surface area contributed by atoms with Gasteiger partial charge >= 0.3 is 0 Å². The molecule has 2 aromatic carbocycles.